The normalized spacial score (nSPS) is 12.1. The number of rotatable bonds is 6. The first kappa shape index (κ1) is 18.7. The molecule has 0 spiro atoms. The molecule has 0 atom stereocenters. The number of fused-ring (bicyclic) bond motifs is 1. The highest BCUT2D eigenvalue weighted by Crippen LogP contribution is 2.26. The average Bonchev–Trinajstić information content (AvgIpc) is 3.12. The van der Waals surface area contributed by atoms with Gasteiger partial charge in [0.25, 0.3) is 0 Å². The third kappa shape index (κ3) is 4.54. The van der Waals surface area contributed by atoms with Crippen molar-refractivity contribution in [1.82, 2.24) is 0 Å². The van der Waals surface area contributed by atoms with Crippen LogP contribution in [0.4, 0.5) is 0 Å². The lowest BCUT2D eigenvalue weighted by molar-refractivity contribution is -0.133. The van der Waals surface area contributed by atoms with Gasteiger partial charge in [0.15, 0.2) is 0 Å². The van der Waals surface area contributed by atoms with E-state index in [1.165, 1.54) is 35.4 Å². The Hall–Kier alpha value is -3.11. The Morgan fingerprint density at radius 3 is 2.48 bits per heavy atom. The largest absolute Gasteiger partial charge is 0.503 e. The topological polar surface area (TPSA) is 35.5 Å². The summed E-state index contributed by atoms with van der Waals surface area (Å²) in [4.78, 5) is 13.2. The van der Waals surface area contributed by atoms with Crippen LogP contribution in [0.1, 0.15) is 16.0 Å². The fraction of sp³-hybridized carbons (Fsp3) is 0.0870. The van der Waals surface area contributed by atoms with Gasteiger partial charge in [-0.25, -0.2) is 4.79 Å². The molecule has 2 aromatic carbocycles. The number of methoxy groups -OCH3 is 2. The number of allylic oxidation sites excluding steroid dienone is 2. The summed E-state index contributed by atoms with van der Waals surface area (Å²) >= 11 is 1.76. The Balaban J connectivity index is 1.83. The zero-order valence-corrected chi connectivity index (χ0v) is 16.0. The molecule has 136 valence electrons. The van der Waals surface area contributed by atoms with Crippen molar-refractivity contribution in [1.29, 1.82) is 0 Å². The van der Waals surface area contributed by atoms with Gasteiger partial charge in [0.2, 0.25) is 0 Å². The molecule has 0 amide bonds. The van der Waals surface area contributed by atoms with E-state index >= 15 is 0 Å². The third-order valence-corrected chi connectivity index (χ3v) is 5.07. The number of ether oxygens (including phenoxy) is 2. The Morgan fingerprint density at radius 2 is 1.70 bits per heavy atom. The Kier molecular flexibility index (Phi) is 6.23. The summed E-state index contributed by atoms with van der Waals surface area (Å²) in [5.41, 5.74) is 2.05. The average molecular weight is 376 g/mol. The highest BCUT2D eigenvalue weighted by molar-refractivity contribution is 7.19. The minimum atomic E-state index is -0.432. The van der Waals surface area contributed by atoms with Crippen LogP contribution in [-0.4, -0.2) is 20.2 Å². The maximum atomic E-state index is 12.0. The first-order valence-corrected chi connectivity index (χ1v) is 9.28. The van der Waals surface area contributed by atoms with Gasteiger partial charge in [-0.1, -0.05) is 60.7 Å². The molecular formula is C23H20O3S. The zero-order chi connectivity index (χ0) is 19.1. The van der Waals surface area contributed by atoms with Crippen LogP contribution in [0.2, 0.25) is 0 Å². The van der Waals surface area contributed by atoms with Crippen molar-refractivity contribution < 1.29 is 14.3 Å². The van der Waals surface area contributed by atoms with Crippen LogP contribution in [0.5, 0.6) is 0 Å². The fourth-order valence-corrected chi connectivity index (χ4v) is 3.71. The number of carbonyl (C=O) groups is 1. The van der Waals surface area contributed by atoms with Crippen molar-refractivity contribution in [2.45, 2.75) is 0 Å². The van der Waals surface area contributed by atoms with Gasteiger partial charge in [0.05, 0.1) is 20.5 Å². The molecule has 0 aliphatic rings. The Morgan fingerprint density at radius 1 is 0.963 bits per heavy atom. The monoisotopic (exact) mass is 376 g/mol. The molecule has 1 aromatic heterocycles. The van der Waals surface area contributed by atoms with Crippen molar-refractivity contribution in [2.24, 2.45) is 0 Å². The van der Waals surface area contributed by atoms with Gasteiger partial charge in [-0.2, -0.15) is 0 Å². The predicted octanol–water partition coefficient (Wildman–Crippen LogP) is 5.79. The molecule has 0 saturated heterocycles. The van der Waals surface area contributed by atoms with Gasteiger partial charge < -0.3 is 9.47 Å². The van der Waals surface area contributed by atoms with Crippen LogP contribution in [0, 0.1) is 0 Å². The molecule has 0 radical (unpaired) electrons. The van der Waals surface area contributed by atoms with E-state index in [4.69, 9.17) is 9.47 Å². The van der Waals surface area contributed by atoms with Crippen LogP contribution in [0.15, 0.2) is 73.0 Å². The van der Waals surface area contributed by atoms with Gasteiger partial charge in [-0.3, -0.25) is 0 Å². The number of hydrogen-bond donors (Lipinski definition) is 0. The predicted molar refractivity (Wildman–Crippen MR) is 113 cm³/mol. The van der Waals surface area contributed by atoms with Gasteiger partial charge in [0, 0.05) is 9.58 Å². The SMILES string of the molecule is COC=C(C(=O)OC)c1ccccc1C=CC=Cc1cc2ccccc2s1. The van der Waals surface area contributed by atoms with Crippen LogP contribution < -0.4 is 0 Å². The van der Waals surface area contributed by atoms with Crippen LogP contribution in [0.3, 0.4) is 0 Å². The van der Waals surface area contributed by atoms with Gasteiger partial charge in [-0.05, 0) is 34.7 Å². The number of esters is 1. The molecule has 0 fully saturated rings. The van der Waals surface area contributed by atoms with E-state index in [2.05, 4.69) is 30.3 Å². The molecule has 0 saturated carbocycles. The molecule has 3 nitrogen and oxygen atoms in total. The molecular weight excluding hydrogens is 356 g/mol. The van der Waals surface area contributed by atoms with E-state index in [0.717, 1.165) is 11.1 Å². The van der Waals surface area contributed by atoms with Crippen LogP contribution in [0.25, 0.3) is 27.8 Å². The second kappa shape index (κ2) is 9.01. The van der Waals surface area contributed by atoms with Gasteiger partial charge in [0.1, 0.15) is 5.57 Å². The summed E-state index contributed by atoms with van der Waals surface area (Å²) in [7, 11) is 2.87. The standard InChI is InChI=1S/C23H20O3S/c1-25-16-21(23(24)26-2)20-13-7-4-10-17(20)9-3-6-12-19-15-18-11-5-8-14-22(18)27-19/h3-16H,1-2H3. The van der Waals surface area contributed by atoms with E-state index < -0.39 is 5.97 Å². The minimum absolute atomic E-state index is 0.383. The molecule has 0 unspecified atom stereocenters. The van der Waals surface area contributed by atoms with E-state index in [9.17, 15) is 4.79 Å². The van der Waals surface area contributed by atoms with Crippen molar-refractivity contribution in [2.75, 3.05) is 14.2 Å². The summed E-state index contributed by atoms with van der Waals surface area (Å²) in [5, 5.41) is 1.25. The molecule has 4 heteroatoms. The quantitative estimate of drug-likeness (QED) is 0.236. The summed E-state index contributed by atoms with van der Waals surface area (Å²) in [6.45, 7) is 0. The number of carbonyl (C=O) groups excluding carboxylic acids is 1. The molecule has 0 aliphatic carbocycles. The first-order chi connectivity index (χ1) is 13.2. The van der Waals surface area contributed by atoms with E-state index in [1.54, 1.807) is 11.3 Å². The summed E-state index contributed by atoms with van der Waals surface area (Å²) in [6.07, 6.45) is 9.41. The van der Waals surface area contributed by atoms with E-state index in [0.29, 0.717) is 5.57 Å². The van der Waals surface area contributed by atoms with E-state index in [1.807, 2.05) is 48.6 Å². The number of thiophene rings is 1. The van der Waals surface area contributed by atoms with Gasteiger partial charge in [-0.15, -0.1) is 11.3 Å². The van der Waals surface area contributed by atoms with E-state index in [-0.39, 0.29) is 0 Å². The van der Waals surface area contributed by atoms with Crippen molar-refractivity contribution >= 4 is 45.1 Å². The summed E-state index contributed by atoms with van der Waals surface area (Å²) < 4.78 is 11.2. The second-order valence-electron chi connectivity index (χ2n) is 5.75. The molecule has 0 bridgehead atoms. The number of benzene rings is 2. The van der Waals surface area contributed by atoms with Crippen LogP contribution >= 0.6 is 11.3 Å². The lowest BCUT2D eigenvalue weighted by Crippen LogP contribution is -2.05. The lowest BCUT2D eigenvalue weighted by atomic mass is 10.00. The summed E-state index contributed by atoms with van der Waals surface area (Å²) in [5.74, 6) is -0.432. The molecule has 3 rings (SSSR count). The molecule has 1 heterocycles. The fourth-order valence-electron chi connectivity index (χ4n) is 2.73. The third-order valence-electron chi connectivity index (χ3n) is 3.98. The smallest absolute Gasteiger partial charge is 0.341 e. The number of hydrogen-bond acceptors (Lipinski definition) is 4. The lowest BCUT2D eigenvalue weighted by Gasteiger charge is -2.08. The van der Waals surface area contributed by atoms with Crippen molar-refractivity contribution in [3.05, 3.63) is 89.0 Å². The summed E-state index contributed by atoms with van der Waals surface area (Å²) in [6, 6.07) is 18.2. The van der Waals surface area contributed by atoms with Gasteiger partial charge >= 0.3 is 5.97 Å². The molecule has 0 N–H and O–H groups in total. The molecule has 0 aliphatic heterocycles. The molecule has 27 heavy (non-hydrogen) atoms. The maximum absolute atomic E-state index is 12.0. The second-order valence-corrected chi connectivity index (χ2v) is 6.87. The molecule has 3 aromatic rings. The zero-order valence-electron chi connectivity index (χ0n) is 15.2. The van der Waals surface area contributed by atoms with Crippen molar-refractivity contribution in [3.8, 4) is 0 Å². The highest BCUT2D eigenvalue weighted by Gasteiger charge is 2.15. The Labute approximate surface area is 162 Å². The minimum Gasteiger partial charge on any atom is -0.503 e. The van der Waals surface area contributed by atoms with Crippen molar-refractivity contribution in [3.63, 3.8) is 0 Å². The maximum Gasteiger partial charge on any atom is 0.341 e. The van der Waals surface area contributed by atoms with Crippen LogP contribution in [-0.2, 0) is 14.3 Å². The highest BCUT2D eigenvalue weighted by atomic mass is 32.1. The Bertz CT molecular complexity index is 992. The first-order valence-electron chi connectivity index (χ1n) is 8.47.